The minimum atomic E-state index is 0.190. The molecule has 4 radical (unpaired) electrons. The van der Waals surface area contributed by atoms with Gasteiger partial charge in [0.15, 0.2) is 0 Å². The number of rotatable bonds is 13. The van der Waals surface area contributed by atoms with Crippen LogP contribution in [0.3, 0.4) is 0 Å². The minimum absolute atomic E-state index is 0.190. The summed E-state index contributed by atoms with van der Waals surface area (Å²) in [6.07, 6.45) is 9.57. The molecule has 0 saturated carbocycles. The van der Waals surface area contributed by atoms with E-state index in [1.165, 1.54) is 0 Å². The molecule has 10 heteroatoms. The molecule has 0 atom stereocenters. The van der Waals surface area contributed by atoms with Crippen molar-refractivity contribution in [2.24, 2.45) is 0 Å². The van der Waals surface area contributed by atoms with E-state index in [4.69, 9.17) is 14.6 Å². The molecule has 2 heterocycles. The van der Waals surface area contributed by atoms with Crippen molar-refractivity contribution in [2.75, 3.05) is 33.0 Å². The molecule has 2 aromatic carbocycles. The van der Waals surface area contributed by atoms with Crippen LogP contribution in [0.1, 0.15) is 18.4 Å². The van der Waals surface area contributed by atoms with Crippen molar-refractivity contribution in [3.8, 4) is 11.5 Å². The van der Waals surface area contributed by atoms with Gasteiger partial charge in [-0.1, -0.05) is 30.3 Å². The van der Waals surface area contributed by atoms with E-state index in [-0.39, 0.29) is 6.61 Å². The molecule has 0 bridgehead atoms. The second kappa shape index (κ2) is 16.9. The predicted molar refractivity (Wildman–Crippen MR) is 144 cm³/mol. The Kier molecular flexibility index (Phi) is 13.6. The topological polar surface area (TPSA) is 51.7 Å². The molecule has 0 unspecified atom stereocenters. The third-order valence-electron chi connectivity index (χ3n) is 5.11. The number of nitrogens with zero attached hydrogens (tertiary/aromatic N) is 4. The first-order valence-electron chi connectivity index (χ1n) is 11.5. The van der Waals surface area contributed by atoms with Crippen LogP contribution in [-0.2, 0) is 20.6 Å². The molecular weight excluding hydrogens is 683 g/mol. The van der Waals surface area contributed by atoms with E-state index in [1.807, 2.05) is 86.9 Å². The van der Waals surface area contributed by atoms with Crippen LogP contribution in [0, 0.1) is 13.3 Å². The van der Waals surface area contributed by atoms with Gasteiger partial charge in [0.2, 0.25) is 13.3 Å². The van der Waals surface area contributed by atoms with Gasteiger partial charge in [-0.3, -0.25) is 0 Å². The van der Waals surface area contributed by atoms with Gasteiger partial charge in [-0.25, -0.2) is 0 Å². The van der Waals surface area contributed by atoms with E-state index in [2.05, 4.69) is 52.3 Å². The molecule has 2 aliphatic heterocycles. The van der Waals surface area contributed by atoms with Crippen LogP contribution in [0.15, 0.2) is 79.4 Å². The van der Waals surface area contributed by atoms with E-state index >= 15 is 0 Å². The molecule has 2 aliphatic rings. The Hall–Kier alpha value is -1.70. The SMILES string of the molecule is OCCCN1[C]N(CN2[C]N(CCCOc3ccc(OCc4ccccc4)cc3)C=C2)C=C1.[Br][Pd][Br]. The molecule has 2 aromatic rings. The Bertz CT molecular complexity index is 921. The van der Waals surface area contributed by atoms with Gasteiger partial charge in [-0.15, -0.1) is 0 Å². The summed E-state index contributed by atoms with van der Waals surface area (Å²) in [5, 5.41) is 8.93. The molecule has 4 rings (SSSR count). The fourth-order valence-electron chi connectivity index (χ4n) is 3.39. The zero-order valence-corrected chi connectivity index (χ0v) is 24.5. The van der Waals surface area contributed by atoms with Crippen LogP contribution in [0.2, 0.25) is 0 Å². The van der Waals surface area contributed by atoms with Crippen molar-refractivity contribution in [1.82, 2.24) is 19.6 Å². The van der Waals surface area contributed by atoms with Crippen LogP contribution < -0.4 is 9.47 Å². The summed E-state index contributed by atoms with van der Waals surface area (Å²) in [5.74, 6) is 1.67. The normalized spacial score (nSPS) is 14.4. The maximum atomic E-state index is 8.93. The average molecular weight is 713 g/mol. The monoisotopic (exact) mass is 710 g/mol. The molecule has 0 amide bonds. The zero-order chi connectivity index (χ0) is 25.4. The quantitative estimate of drug-likeness (QED) is 0.226. The standard InChI is InChI=1S/C26H30N4O3.2BrH.Pd/c31-18-4-12-27-14-16-29(21-27)23-30-17-15-28(22-30)13-5-19-32-25-8-10-26(11-9-25)33-20-24-6-2-1-3-7-24;;;/h1-3,6-11,14-17,31H,4-5,12-13,18-20,23H2;2*1H;/q;;;+2/p-2. The number of halogens is 2. The molecule has 0 fully saturated rings. The summed E-state index contributed by atoms with van der Waals surface area (Å²) < 4.78 is 11.7. The number of hydrogen-bond acceptors (Lipinski definition) is 7. The molecule has 0 saturated heterocycles. The van der Waals surface area contributed by atoms with Gasteiger partial charge in [0.25, 0.3) is 0 Å². The first-order chi connectivity index (χ1) is 17.7. The van der Waals surface area contributed by atoms with E-state index < -0.39 is 0 Å². The fraction of sp³-hybridized carbons (Fsp3) is 0.308. The Morgan fingerprint density at radius 3 is 1.83 bits per heavy atom. The second-order valence-corrected chi connectivity index (χ2v) is 15.0. The summed E-state index contributed by atoms with van der Waals surface area (Å²) in [4.78, 5) is 7.94. The van der Waals surface area contributed by atoms with Crippen molar-refractivity contribution in [3.63, 3.8) is 0 Å². The maximum absolute atomic E-state index is 8.93. The number of aliphatic hydroxyl groups is 1. The van der Waals surface area contributed by atoms with Gasteiger partial charge in [-0.05, 0) is 42.7 Å². The first-order valence-corrected chi connectivity index (χ1v) is 18.6. The Balaban J connectivity index is 0.00000115. The van der Waals surface area contributed by atoms with Crippen LogP contribution in [0.5, 0.6) is 11.5 Å². The summed E-state index contributed by atoms with van der Waals surface area (Å²) in [5.41, 5.74) is 1.15. The molecule has 7 nitrogen and oxygen atoms in total. The Morgan fingerprint density at radius 1 is 0.722 bits per heavy atom. The predicted octanol–water partition coefficient (Wildman–Crippen LogP) is 5.23. The van der Waals surface area contributed by atoms with Crippen molar-refractivity contribution >= 4 is 26.9 Å². The number of aliphatic hydroxyl groups excluding tert-OH is 1. The Labute approximate surface area is 235 Å². The molecule has 0 spiro atoms. The summed E-state index contributed by atoms with van der Waals surface area (Å²) in [7, 11) is 0. The van der Waals surface area contributed by atoms with Crippen LogP contribution in [-0.4, -0.2) is 57.7 Å². The molecular formula is C26H30Br2N4O3Pd. The third-order valence-corrected chi connectivity index (χ3v) is 5.11. The number of hydrogen-bond donors (Lipinski definition) is 1. The summed E-state index contributed by atoms with van der Waals surface area (Å²) >= 11 is 6.80. The molecule has 0 aliphatic carbocycles. The van der Waals surface area contributed by atoms with Crippen LogP contribution in [0.25, 0.3) is 0 Å². The second-order valence-electron chi connectivity index (χ2n) is 7.83. The van der Waals surface area contributed by atoms with E-state index in [9.17, 15) is 0 Å². The van der Waals surface area contributed by atoms with Crippen molar-refractivity contribution < 1.29 is 28.5 Å². The van der Waals surface area contributed by atoms with Gasteiger partial charge in [0.05, 0.1) is 13.3 Å². The van der Waals surface area contributed by atoms with Gasteiger partial charge >= 0.3 is 40.8 Å². The van der Waals surface area contributed by atoms with Crippen molar-refractivity contribution in [2.45, 2.75) is 19.4 Å². The van der Waals surface area contributed by atoms with Gasteiger partial charge < -0.3 is 34.2 Å². The third kappa shape index (κ3) is 10.7. The van der Waals surface area contributed by atoms with E-state index in [1.54, 1.807) is 0 Å². The number of ether oxygens (including phenoxy) is 2. The molecule has 0 aromatic heterocycles. The summed E-state index contributed by atoms with van der Waals surface area (Å²) in [6, 6.07) is 17.9. The molecule has 1 N–H and O–H groups in total. The van der Waals surface area contributed by atoms with E-state index in [0.717, 1.165) is 43.0 Å². The first kappa shape index (κ1) is 28.9. The van der Waals surface area contributed by atoms with Gasteiger partial charge in [0.1, 0.15) is 18.1 Å². The average Bonchev–Trinajstić information content (AvgIpc) is 3.55. The number of benzene rings is 2. The van der Waals surface area contributed by atoms with Gasteiger partial charge in [0, 0.05) is 44.5 Å². The fourth-order valence-corrected chi connectivity index (χ4v) is 3.39. The zero-order valence-electron chi connectivity index (χ0n) is 19.8. The van der Waals surface area contributed by atoms with Crippen molar-refractivity contribution in [3.05, 3.63) is 98.3 Å². The molecule has 196 valence electrons. The van der Waals surface area contributed by atoms with E-state index in [0.29, 0.717) is 33.8 Å². The molecule has 36 heavy (non-hydrogen) atoms. The van der Waals surface area contributed by atoms with Crippen molar-refractivity contribution in [1.29, 1.82) is 0 Å². The van der Waals surface area contributed by atoms with Crippen LogP contribution in [0.4, 0.5) is 0 Å². The summed E-state index contributed by atoms with van der Waals surface area (Å²) in [6.45, 7) is 10.2. The van der Waals surface area contributed by atoms with Crippen LogP contribution >= 0.6 is 26.9 Å². The van der Waals surface area contributed by atoms with Gasteiger partial charge in [-0.2, -0.15) is 0 Å². The Morgan fingerprint density at radius 2 is 1.25 bits per heavy atom.